The molecule has 86 valence electrons. The van der Waals surface area contributed by atoms with Crippen LogP contribution in [0.1, 0.15) is 25.5 Å². The first-order valence-corrected chi connectivity index (χ1v) is 5.07. The van der Waals surface area contributed by atoms with Crippen LogP contribution in [0.4, 0.5) is 0 Å². The Bertz CT molecular complexity index is 399. The molecule has 0 amide bonds. The van der Waals surface area contributed by atoms with E-state index in [1.54, 1.807) is 39.2 Å². The second-order valence-corrected chi connectivity index (χ2v) is 3.30. The summed E-state index contributed by atoms with van der Waals surface area (Å²) < 4.78 is 10.6. The first kappa shape index (κ1) is 12.4. The standard InChI is InChI=1S/C13H16O3/c1-4-5-8-16-13-9-11(15-3)6-7-12(13)10(2)14/h6-7,9-10,14H,8H2,1-3H3. The lowest BCUT2D eigenvalue weighted by Crippen LogP contribution is -2.01. The Labute approximate surface area is 96.0 Å². The maximum atomic E-state index is 9.57. The van der Waals surface area contributed by atoms with Gasteiger partial charge >= 0.3 is 0 Å². The largest absolute Gasteiger partial charge is 0.497 e. The Kier molecular flexibility index (Phi) is 4.68. The number of ether oxygens (including phenoxy) is 2. The van der Waals surface area contributed by atoms with Gasteiger partial charge in [0, 0.05) is 11.6 Å². The number of aliphatic hydroxyl groups is 1. The molecule has 0 aromatic heterocycles. The summed E-state index contributed by atoms with van der Waals surface area (Å²) in [5, 5.41) is 9.57. The summed E-state index contributed by atoms with van der Waals surface area (Å²) >= 11 is 0. The lowest BCUT2D eigenvalue weighted by atomic mass is 10.1. The minimum Gasteiger partial charge on any atom is -0.497 e. The predicted molar refractivity (Wildman–Crippen MR) is 62.6 cm³/mol. The van der Waals surface area contributed by atoms with Gasteiger partial charge in [-0.3, -0.25) is 0 Å². The van der Waals surface area contributed by atoms with Crippen LogP contribution in [0.2, 0.25) is 0 Å². The van der Waals surface area contributed by atoms with Gasteiger partial charge in [-0.2, -0.15) is 0 Å². The highest BCUT2D eigenvalue weighted by Crippen LogP contribution is 2.29. The third-order valence-electron chi connectivity index (χ3n) is 2.15. The van der Waals surface area contributed by atoms with E-state index in [0.29, 0.717) is 18.1 Å². The fraction of sp³-hybridized carbons (Fsp3) is 0.385. The first-order chi connectivity index (χ1) is 7.69. The van der Waals surface area contributed by atoms with E-state index < -0.39 is 6.10 Å². The Morgan fingerprint density at radius 2 is 2.19 bits per heavy atom. The molecule has 1 rings (SSSR count). The van der Waals surface area contributed by atoms with Crippen LogP contribution in [0, 0.1) is 11.8 Å². The average Bonchev–Trinajstić information content (AvgIpc) is 2.29. The van der Waals surface area contributed by atoms with Gasteiger partial charge in [-0.1, -0.05) is 5.92 Å². The van der Waals surface area contributed by atoms with Gasteiger partial charge in [0.2, 0.25) is 0 Å². The number of aliphatic hydroxyl groups excluding tert-OH is 1. The van der Waals surface area contributed by atoms with E-state index >= 15 is 0 Å². The molecule has 0 heterocycles. The highest BCUT2D eigenvalue weighted by atomic mass is 16.5. The Hall–Kier alpha value is -1.66. The van der Waals surface area contributed by atoms with Gasteiger partial charge in [0.05, 0.1) is 13.2 Å². The molecule has 3 nitrogen and oxygen atoms in total. The Balaban J connectivity index is 2.94. The van der Waals surface area contributed by atoms with Gasteiger partial charge in [-0.25, -0.2) is 0 Å². The zero-order valence-electron chi connectivity index (χ0n) is 9.78. The molecule has 1 atom stereocenters. The van der Waals surface area contributed by atoms with Gasteiger partial charge < -0.3 is 14.6 Å². The maximum absolute atomic E-state index is 9.57. The van der Waals surface area contributed by atoms with E-state index in [-0.39, 0.29) is 0 Å². The monoisotopic (exact) mass is 220 g/mol. The second-order valence-electron chi connectivity index (χ2n) is 3.30. The predicted octanol–water partition coefficient (Wildman–Crippen LogP) is 2.15. The molecule has 0 aliphatic heterocycles. The van der Waals surface area contributed by atoms with Crippen LogP contribution < -0.4 is 9.47 Å². The average molecular weight is 220 g/mol. The van der Waals surface area contributed by atoms with Crippen molar-refractivity contribution in [1.29, 1.82) is 0 Å². The molecule has 16 heavy (non-hydrogen) atoms. The van der Waals surface area contributed by atoms with Crippen LogP contribution in [-0.4, -0.2) is 18.8 Å². The molecule has 3 heteroatoms. The SMILES string of the molecule is CC#CCOc1cc(OC)ccc1C(C)O. The van der Waals surface area contributed by atoms with Gasteiger partial charge in [-0.15, -0.1) is 5.92 Å². The van der Waals surface area contributed by atoms with Crippen molar-refractivity contribution in [2.24, 2.45) is 0 Å². The van der Waals surface area contributed by atoms with Crippen molar-refractivity contribution in [3.63, 3.8) is 0 Å². The minimum atomic E-state index is -0.574. The fourth-order valence-corrected chi connectivity index (χ4v) is 1.30. The summed E-state index contributed by atoms with van der Waals surface area (Å²) in [6, 6.07) is 5.33. The fourth-order valence-electron chi connectivity index (χ4n) is 1.30. The van der Waals surface area contributed by atoms with Crippen LogP contribution in [-0.2, 0) is 0 Å². The molecule has 0 bridgehead atoms. The van der Waals surface area contributed by atoms with E-state index in [0.717, 1.165) is 5.56 Å². The number of benzene rings is 1. The molecule has 0 radical (unpaired) electrons. The van der Waals surface area contributed by atoms with Crippen molar-refractivity contribution in [1.82, 2.24) is 0 Å². The van der Waals surface area contributed by atoms with Crippen LogP contribution >= 0.6 is 0 Å². The smallest absolute Gasteiger partial charge is 0.149 e. The molecule has 1 N–H and O–H groups in total. The minimum absolute atomic E-state index is 0.309. The number of rotatable bonds is 4. The highest BCUT2D eigenvalue weighted by molar-refractivity contribution is 5.42. The van der Waals surface area contributed by atoms with Crippen molar-refractivity contribution in [2.75, 3.05) is 13.7 Å². The zero-order valence-corrected chi connectivity index (χ0v) is 9.78. The number of methoxy groups -OCH3 is 1. The van der Waals surface area contributed by atoms with Crippen LogP contribution in [0.5, 0.6) is 11.5 Å². The summed E-state index contributed by atoms with van der Waals surface area (Å²) in [4.78, 5) is 0. The van der Waals surface area contributed by atoms with Crippen molar-refractivity contribution >= 4 is 0 Å². The molecular formula is C13H16O3. The summed E-state index contributed by atoms with van der Waals surface area (Å²) in [6.07, 6.45) is -0.574. The topological polar surface area (TPSA) is 38.7 Å². The molecule has 0 saturated heterocycles. The number of hydrogen-bond acceptors (Lipinski definition) is 3. The van der Waals surface area contributed by atoms with Crippen molar-refractivity contribution in [2.45, 2.75) is 20.0 Å². The normalized spacial score (nSPS) is 11.2. The second kappa shape index (κ2) is 6.04. The molecule has 1 aromatic carbocycles. The van der Waals surface area contributed by atoms with Gasteiger partial charge in [0.25, 0.3) is 0 Å². The van der Waals surface area contributed by atoms with E-state index in [4.69, 9.17) is 9.47 Å². The van der Waals surface area contributed by atoms with Crippen molar-refractivity contribution < 1.29 is 14.6 Å². The Morgan fingerprint density at radius 3 is 2.75 bits per heavy atom. The summed E-state index contributed by atoms with van der Waals surface area (Å²) in [5.74, 6) is 6.86. The van der Waals surface area contributed by atoms with Crippen molar-refractivity contribution in [3.8, 4) is 23.3 Å². The van der Waals surface area contributed by atoms with E-state index in [1.165, 1.54) is 0 Å². The highest BCUT2D eigenvalue weighted by Gasteiger charge is 2.10. The van der Waals surface area contributed by atoms with Crippen LogP contribution in [0.3, 0.4) is 0 Å². The lowest BCUT2D eigenvalue weighted by Gasteiger charge is -2.13. The number of hydrogen-bond donors (Lipinski definition) is 1. The van der Waals surface area contributed by atoms with Crippen LogP contribution in [0.25, 0.3) is 0 Å². The summed E-state index contributed by atoms with van der Waals surface area (Å²) in [6.45, 7) is 3.76. The van der Waals surface area contributed by atoms with Gasteiger partial charge in [0.1, 0.15) is 18.1 Å². The molecule has 1 aromatic rings. The zero-order chi connectivity index (χ0) is 12.0. The molecule has 0 spiro atoms. The maximum Gasteiger partial charge on any atom is 0.149 e. The van der Waals surface area contributed by atoms with Crippen LogP contribution in [0.15, 0.2) is 18.2 Å². The van der Waals surface area contributed by atoms with E-state index in [1.807, 2.05) is 0 Å². The van der Waals surface area contributed by atoms with E-state index in [2.05, 4.69) is 11.8 Å². The summed E-state index contributed by atoms with van der Waals surface area (Å²) in [5.41, 5.74) is 0.735. The van der Waals surface area contributed by atoms with Gasteiger partial charge in [0.15, 0.2) is 0 Å². The molecule has 0 fully saturated rings. The van der Waals surface area contributed by atoms with Gasteiger partial charge in [-0.05, 0) is 26.0 Å². The molecule has 0 aliphatic carbocycles. The molecular weight excluding hydrogens is 204 g/mol. The first-order valence-electron chi connectivity index (χ1n) is 5.07. The van der Waals surface area contributed by atoms with E-state index in [9.17, 15) is 5.11 Å². The summed E-state index contributed by atoms with van der Waals surface area (Å²) in [7, 11) is 1.59. The lowest BCUT2D eigenvalue weighted by molar-refractivity contribution is 0.193. The molecule has 0 saturated carbocycles. The van der Waals surface area contributed by atoms with Crippen molar-refractivity contribution in [3.05, 3.63) is 23.8 Å². The third kappa shape index (κ3) is 3.18. The quantitative estimate of drug-likeness (QED) is 0.790. The molecule has 0 aliphatic rings. The Morgan fingerprint density at radius 1 is 1.44 bits per heavy atom. The molecule has 1 unspecified atom stereocenters. The third-order valence-corrected chi connectivity index (χ3v) is 2.15.